The molecule has 24 heavy (non-hydrogen) atoms. The van der Waals surface area contributed by atoms with Crippen molar-refractivity contribution in [3.63, 3.8) is 0 Å². The van der Waals surface area contributed by atoms with Crippen molar-refractivity contribution in [2.45, 2.75) is 12.8 Å². The highest BCUT2D eigenvalue weighted by Crippen LogP contribution is 2.24. The minimum Gasteiger partial charge on any atom is -0.383 e. The number of methoxy groups -OCH3 is 1. The lowest BCUT2D eigenvalue weighted by atomic mass is 10.2. The zero-order chi connectivity index (χ0) is 16.8. The van der Waals surface area contributed by atoms with Gasteiger partial charge < -0.3 is 24.8 Å². The highest BCUT2D eigenvalue weighted by molar-refractivity contribution is 5.74. The van der Waals surface area contributed by atoms with E-state index in [4.69, 9.17) is 4.74 Å². The average molecular weight is 332 g/mol. The second kappa shape index (κ2) is 8.24. The van der Waals surface area contributed by atoms with E-state index < -0.39 is 0 Å². The van der Waals surface area contributed by atoms with Gasteiger partial charge in [-0.1, -0.05) is 0 Å². The van der Waals surface area contributed by atoms with Gasteiger partial charge in [-0.2, -0.15) is 0 Å². The Morgan fingerprint density at radius 3 is 2.04 bits per heavy atom. The van der Waals surface area contributed by atoms with Crippen LogP contribution in [0.2, 0.25) is 0 Å². The molecule has 2 amide bonds. The third kappa shape index (κ3) is 4.12. The summed E-state index contributed by atoms with van der Waals surface area (Å²) >= 11 is 0. The summed E-state index contributed by atoms with van der Waals surface area (Å²) < 4.78 is 4.96. The van der Waals surface area contributed by atoms with Gasteiger partial charge in [-0.25, -0.2) is 4.79 Å². The molecule has 2 saturated heterocycles. The van der Waals surface area contributed by atoms with Crippen molar-refractivity contribution in [3.05, 3.63) is 24.3 Å². The maximum Gasteiger partial charge on any atom is 0.317 e. The van der Waals surface area contributed by atoms with Crippen LogP contribution in [0.3, 0.4) is 0 Å². The predicted molar refractivity (Wildman–Crippen MR) is 96.9 cm³/mol. The van der Waals surface area contributed by atoms with Crippen LogP contribution in [0.15, 0.2) is 24.3 Å². The number of hydrogen-bond donors (Lipinski definition) is 1. The molecule has 6 nitrogen and oxygen atoms in total. The first-order valence-electron chi connectivity index (χ1n) is 8.89. The number of benzene rings is 1. The Labute approximate surface area is 144 Å². The molecule has 1 aromatic carbocycles. The van der Waals surface area contributed by atoms with Crippen molar-refractivity contribution in [2.24, 2.45) is 0 Å². The van der Waals surface area contributed by atoms with E-state index in [0.29, 0.717) is 13.2 Å². The van der Waals surface area contributed by atoms with E-state index in [-0.39, 0.29) is 6.03 Å². The van der Waals surface area contributed by atoms with Gasteiger partial charge in [-0.3, -0.25) is 0 Å². The fourth-order valence-corrected chi connectivity index (χ4v) is 3.39. The molecule has 1 N–H and O–H groups in total. The minimum atomic E-state index is 0.0103. The molecule has 0 saturated carbocycles. The van der Waals surface area contributed by atoms with Gasteiger partial charge in [0.15, 0.2) is 0 Å². The number of piperazine rings is 1. The zero-order valence-corrected chi connectivity index (χ0v) is 14.5. The molecule has 0 radical (unpaired) electrons. The van der Waals surface area contributed by atoms with Crippen molar-refractivity contribution in [1.82, 2.24) is 10.2 Å². The molecule has 2 aliphatic rings. The fourth-order valence-electron chi connectivity index (χ4n) is 3.39. The first-order valence-corrected chi connectivity index (χ1v) is 8.89. The second-order valence-electron chi connectivity index (χ2n) is 6.41. The third-order valence-electron chi connectivity index (χ3n) is 4.84. The van der Waals surface area contributed by atoms with Crippen molar-refractivity contribution in [1.29, 1.82) is 0 Å². The Morgan fingerprint density at radius 2 is 1.50 bits per heavy atom. The van der Waals surface area contributed by atoms with Gasteiger partial charge in [-0.05, 0) is 37.1 Å². The molecule has 0 bridgehead atoms. The lowest BCUT2D eigenvalue weighted by molar-refractivity contribution is 0.177. The standard InChI is InChI=1S/C18H28N4O2/c1-24-15-8-19-18(23)22-13-11-21(12-14-22)17-6-4-16(5-7-17)20-9-2-3-10-20/h4-7H,2-3,8-15H2,1H3,(H,19,23). The predicted octanol–water partition coefficient (Wildman–Crippen LogP) is 1.76. The molecule has 132 valence electrons. The van der Waals surface area contributed by atoms with Gasteiger partial charge in [0.25, 0.3) is 0 Å². The zero-order valence-electron chi connectivity index (χ0n) is 14.5. The first-order chi connectivity index (χ1) is 11.8. The molecule has 0 spiro atoms. The average Bonchev–Trinajstić information content (AvgIpc) is 3.17. The molecular formula is C18H28N4O2. The maximum absolute atomic E-state index is 12.0. The monoisotopic (exact) mass is 332 g/mol. The number of urea groups is 1. The minimum absolute atomic E-state index is 0.0103. The molecule has 0 aromatic heterocycles. The SMILES string of the molecule is COCCNC(=O)N1CCN(c2ccc(N3CCCC3)cc2)CC1. The Bertz CT molecular complexity index is 520. The molecule has 2 heterocycles. The number of carbonyl (C=O) groups excluding carboxylic acids is 1. The molecule has 0 atom stereocenters. The summed E-state index contributed by atoms with van der Waals surface area (Å²) in [6, 6.07) is 8.88. The summed E-state index contributed by atoms with van der Waals surface area (Å²) in [4.78, 5) is 18.7. The summed E-state index contributed by atoms with van der Waals surface area (Å²) in [5.41, 5.74) is 2.57. The van der Waals surface area contributed by atoms with Crippen molar-refractivity contribution in [3.8, 4) is 0 Å². The number of carbonyl (C=O) groups is 1. The smallest absolute Gasteiger partial charge is 0.317 e. The molecule has 3 rings (SSSR count). The summed E-state index contributed by atoms with van der Waals surface area (Å²) in [5.74, 6) is 0. The van der Waals surface area contributed by atoms with Crippen LogP contribution in [-0.4, -0.2) is 70.5 Å². The molecule has 6 heteroatoms. The number of ether oxygens (including phenoxy) is 1. The van der Waals surface area contributed by atoms with Gasteiger partial charge in [0.2, 0.25) is 0 Å². The van der Waals surface area contributed by atoms with Crippen LogP contribution in [0.4, 0.5) is 16.2 Å². The first kappa shape index (κ1) is 16.9. The number of nitrogens with zero attached hydrogens (tertiary/aromatic N) is 3. The van der Waals surface area contributed by atoms with Gasteiger partial charge in [0, 0.05) is 64.3 Å². The Morgan fingerprint density at radius 1 is 0.958 bits per heavy atom. The quantitative estimate of drug-likeness (QED) is 0.835. The van der Waals surface area contributed by atoms with Gasteiger partial charge in [0.1, 0.15) is 0 Å². The lowest BCUT2D eigenvalue weighted by Gasteiger charge is -2.36. The van der Waals surface area contributed by atoms with Crippen LogP contribution in [0.5, 0.6) is 0 Å². The second-order valence-corrected chi connectivity index (χ2v) is 6.41. The van der Waals surface area contributed by atoms with E-state index in [1.54, 1.807) is 7.11 Å². The van der Waals surface area contributed by atoms with E-state index >= 15 is 0 Å². The molecule has 2 fully saturated rings. The van der Waals surface area contributed by atoms with Crippen molar-refractivity contribution >= 4 is 17.4 Å². The summed E-state index contributed by atoms with van der Waals surface area (Å²) in [7, 11) is 1.64. The molecule has 0 aliphatic carbocycles. The Hall–Kier alpha value is -1.95. The van der Waals surface area contributed by atoms with E-state index in [1.165, 1.54) is 37.3 Å². The molecule has 2 aliphatic heterocycles. The van der Waals surface area contributed by atoms with Gasteiger partial charge in [-0.15, -0.1) is 0 Å². The lowest BCUT2D eigenvalue weighted by Crippen LogP contribution is -2.52. The maximum atomic E-state index is 12.0. The van der Waals surface area contributed by atoms with Crippen LogP contribution < -0.4 is 15.1 Å². The molecule has 1 aromatic rings. The van der Waals surface area contributed by atoms with Crippen molar-refractivity contribution < 1.29 is 9.53 Å². The van der Waals surface area contributed by atoms with Crippen LogP contribution in [0.1, 0.15) is 12.8 Å². The van der Waals surface area contributed by atoms with Crippen LogP contribution in [0.25, 0.3) is 0 Å². The van der Waals surface area contributed by atoms with E-state index in [9.17, 15) is 4.79 Å². The van der Waals surface area contributed by atoms with Gasteiger partial charge in [0.05, 0.1) is 6.61 Å². The van der Waals surface area contributed by atoms with E-state index in [1.807, 2.05) is 4.90 Å². The number of rotatable bonds is 5. The molecule has 0 unspecified atom stereocenters. The molecular weight excluding hydrogens is 304 g/mol. The summed E-state index contributed by atoms with van der Waals surface area (Å²) in [6.45, 7) is 6.73. The summed E-state index contributed by atoms with van der Waals surface area (Å²) in [6.07, 6.45) is 2.60. The van der Waals surface area contributed by atoms with Crippen LogP contribution >= 0.6 is 0 Å². The number of nitrogens with one attached hydrogen (secondary N) is 1. The largest absolute Gasteiger partial charge is 0.383 e. The van der Waals surface area contributed by atoms with E-state index in [2.05, 4.69) is 39.4 Å². The van der Waals surface area contributed by atoms with Crippen LogP contribution in [-0.2, 0) is 4.74 Å². The van der Waals surface area contributed by atoms with E-state index in [0.717, 1.165) is 26.2 Å². The summed E-state index contributed by atoms with van der Waals surface area (Å²) in [5, 5.41) is 2.88. The third-order valence-corrected chi connectivity index (χ3v) is 4.84. The Kier molecular flexibility index (Phi) is 5.80. The number of hydrogen-bond acceptors (Lipinski definition) is 4. The van der Waals surface area contributed by atoms with Gasteiger partial charge >= 0.3 is 6.03 Å². The Balaban J connectivity index is 1.48. The number of anilines is 2. The highest BCUT2D eigenvalue weighted by atomic mass is 16.5. The number of amides is 2. The topological polar surface area (TPSA) is 48.1 Å². The van der Waals surface area contributed by atoms with Crippen LogP contribution in [0, 0.1) is 0 Å². The fraction of sp³-hybridized carbons (Fsp3) is 0.611. The normalized spacial score (nSPS) is 18.1. The highest BCUT2D eigenvalue weighted by Gasteiger charge is 2.21. The van der Waals surface area contributed by atoms with Crippen molar-refractivity contribution in [2.75, 3.05) is 69.3 Å².